The first-order chi connectivity index (χ1) is 26.3. The molecule has 6 rings (SSSR count). The van der Waals surface area contributed by atoms with Crippen LogP contribution in [0.5, 0.6) is 0 Å². The highest BCUT2D eigenvalue weighted by Gasteiger charge is 2.28. The largest absolute Gasteiger partial charge is 0.455 e. The molecule has 0 unspecified atom stereocenters. The average Bonchev–Trinajstić information content (AvgIpc) is 3.40. The van der Waals surface area contributed by atoms with E-state index >= 15 is 0 Å². The highest BCUT2D eigenvalue weighted by Crippen LogP contribution is 2.42. The number of ether oxygens (including phenoxy) is 1. The molecular weight excluding hydrogens is 661 g/mol. The summed E-state index contributed by atoms with van der Waals surface area (Å²) in [5, 5.41) is 0. The van der Waals surface area contributed by atoms with Gasteiger partial charge in [0.15, 0.2) is 5.76 Å². The van der Waals surface area contributed by atoms with E-state index in [1.807, 2.05) is 42.5 Å². The van der Waals surface area contributed by atoms with Crippen LogP contribution >= 0.6 is 0 Å². The number of nitrogens with two attached hydrogens (primary N) is 1. The van der Waals surface area contributed by atoms with E-state index in [2.05, 4.69) is 135 Å². The first kappa shape index (κ1) is 39.3. The Labute approximate surface area is 322 Å². The first-order valence-electron chi connectivity index (χ1n) is 18.7. The number of furan rings is 1. The van der Waals surface area contributed by atoms with E-state index in [1.54, 1.807) is 6.08 Å². The van der Waals surface area contributed by atoms with E-state index in [-0.39, 0.29) is 5.41 Å². The molecule has 4 aliphatic carbocycles. The zero-order valence-corrected chi connectivity index (χ0v) is 32.4. The predicted octanol–water partition coefficient (Wildman–Crippen LogP) is 11.9. The lowest BCUT2D eigenvalue weighted by Gasteiger charge is -2.27. The Balaban J connectivity index is 0.00000276. The minimum Gasteiger partial charge on any atom is -0.455 e. The fourth-order valence-corrected chi connectivity index (χ4v) is 6.83. The van der Waals surface area contributed by atoms with Gasteiger partial charge in [-0.2, -0.15) is 0 Å². The maximum absolute atomic E-state index is 6.64. The van der Waals surface area contributed by atoms with E-state index < -0.39 is 0 Å². The zero-order valence-electron chi connectivity index (χ0n) is 32.4. The summed E-state index contributed by atoms with van der Waals surface area (Å²) in [7, 11) is 1.50. The van der Waals surface area contributed by atoms with E-state index in [1.165, 1.54) is 23.8 Å². The molecule has 0 atom stereocenters. The molecule has 274 valence electrons. The van der Waals surface area contributed by atoms with Crippen molar-refractivity contribution in [2.45, 2.75) is 59.8 Å². The number of rotatable bonds is 10. The molecule has 2 N–H and O–H groups in total. The summed E-state index contributed by atoms with van der Waals surface area (Å²) in [6.07, 6.45) is 51.4. The van der Waals surface area contributed by atoms with Gasteiger partial charge in [-0.15, -0.1) is 18.1 Å². The van der Waals surface area contributed by atoms with Crippen LogP contribution in [0.4, 0.5) is 0 Å². The summed E-state index contributed by atoms with van der Waals surface area (Å²) in [6.45, 7) is 13.6. The second kappa shape index (κ2) is 18.7. The topological polar surface area (TPSA) is 51.6 Å². The van der Waals surface area contributed by atoms with Crippen LogP contribution in [0.1, 0.15) is 76.0 Å². The molecule has 0 spiro atoms. The number of nitrogens with zero attached hydrogens (tertiary/aromatic N) is 1. The summed E-state index contributed by atoms with van der Waals surface area (Å²) >= 11 is 0. The molecule has 0 radical (unpaired) electrons. The quantitative estimate of drug-likeness (QED) is 0.114. The van der Waals surface area contributed by atoms with Gasteiger partial charge in [0.2, 0.25) is 0 Å². The molecule has 2 bridgehead atoms. The van der Waals surface area contributed by atoms with Crippen molar-refractivity contribution in [3.05, 3.63) is 195 Å². The molecule has 2 heterocycles. The molecule has 5 aliphatic rings. The molecule has 0 amide bonds. The van der Waals surface area contributed by atoms with E-state index in [9.17, 15) is 0 Å². The maximum atomic E-state index is 6.64. The number of fused-ring (bicyclic) bond motifs is 2. The van der Waals surface area contributed by atoms with Crippen molar-refractivity contribution in [3.8, 4) is 12.3 Å². The van der Waals surface area contributed by atoms with Crippen LogP contribution in [-0.4, -0.2) is 18.5 Å². The number of hydrogen-bond donors (Lipinski definition) is 1. The molecule has 1 aromatic rings. The number of allylic oxidation sites excluding steroid dienone is 22. The Kier molecular flexibility index (Phi) is 13.6. The van der Waals surface area contributed by atoms with Crippen LogP contribution in [0.2, 0.25) is 0 Å². The summed E-state index contributed by atoms with van der Waals surface area (Å²) in [6, 6.07) is 0. The van der Waals surface area contributed by atoms with Crippen molar-refractivity contribution >= 4 is 17.7 Å². The SMILES string of the molecule is C#CCc1c(/C2=C(\C)C(C)(C)C/C=C\C(N(C/C=C\CC3=CC=CC4=C=C3OC3=C4CC=CC=C3)/C(C)=C/C=C\C=C)=C/C2)oc2c1C=CC=C=C2.CN. The smallest absolute Gasteiger partial charge is 0.173 e. The van der Waals surface area contributed by atoms with E-state index in [0.717, 1.165) is 76.0 Å². The van der Waals surface area contributed by atoms with Crippen molar-refractivity contribution in [3.63, 3.8) is 0 Å². The number of terminal acetylenes is 1. The Hall–Kier alpha value is -5.94. The molecule has 1 aromatic heterocycles. The van der Waals surface area contributed by atoms with Crippen LogP contribution in [0, 0.1) is 17.8 Å². The Morgan fingerprint density at radius 3 is 2.70 bits per heavy atom. The average molecular weight is 713 g/mol. The second-order valence-corrected chi connectivity index (χ2v) is 13.9. The lowest BCUT2D eigenvalue weighted by molar-refractivity contribution is 0.321. The number of hydrogen-bond acceptors (Lipinski definition) is 4. The van der Waals surface area contributed by atoms with Gasteiger partial charge in [0.1, 0.15) is 17.3 Å². The monoisotopic (exact) mass is 712 g/mol. The first-order valence-corrected chi connectivity index (χ1v) is 18.7. The Morgan fingerprint density at radius 1 is 1.04 bits per heavy atom. The van der Waals surface area contributed by atoms with Crippen molar-refractivity contribution in [2.24, 2.45) is 11.1 Å². The molecule has 4 nitrogen and oxygen atoms in total. The fourth-order valence-electron chi connectivity index (χ4n) is 6.83. The van der Waals surface area contributed by atoms with Gasteiger partial charge >= 0.3 is 0 Å². The second-order valence-electron chi connectivity index (χ2n) is 13.9. The molecule has 0 aromatic carbocycles. The molecule has 0 saturated heterocycles. The molecule has 0 saturated carbocycles. The minimum absolute atomic E-state index is 0.0917. The standard InChI is InChI=1S/C49H47NO2.CH5N/c1-7-9-12-22-36(3)50(34-18-17-23-38-24-19-25-39-35-47(38)51-45-29-15-10-13-27-42(39)45)40-26-20-33-49(5,6)37(4)41(32-31-40)48-44(21-8-2)43-28-14-11-16-30-46(43)52-48;1-2/h2,7,9-15,17-20,22,24-26,28-31H,1,21,23,27,32-34H2,3-6H3;2H2,1H3/b12-9-,18-17-,26-20-,36-22+,40-31+,41-37+;. The van der Waals surface area contributed by atoms with E-state index in [0.29, 0.717) is 19.4 Å². The normalized spacial score (nSPS) is 21.3. The Morgan fingerprint density at radius 2 is 1.89 bits per heavy atom. The van der Waals surface area contributed by atoms with Gasteiger partial charge < -0.3 is 19.8 Å². The van der Waals surface area contributed by atoms with E-state index in [4.69, 9.17) is 15.6 Å². The van der Waals surface area contributed by atoms with Gasteiger partial charge in [-0.1, -0.05) is 117 Å². The van der Waals surface area contributed by atoms with Crippen LogP contribution < -0.4 is 5.73 Å². The van der Waals surface area contributed by atoms with Crippen molar-refractivity contribution < 1.29 is 9.15 Å². The zero-order chi connectivity index (χ0) is 38.5. The third-order valence-corrected chi connectivity index (χ3v) is 10.1. The van der Waals surface area contributed by atoms with Gasteiger partial charge in [-0.3, -0.25) is 0 Å². The van der Waals surface area contributed by atoms with Gasteiger partial charge in [0.25, 0.3) is 0 Å². The van der Waals surface area contributed by atoms with Gasteiger partial charge in [0, 0.05) is 58.3 Å². The van der Waals surface area contributed by atoms with Crippen molar-refractivity contribution in [1.82, 2.24) is 4.90 Å². The predicted molar refractivity (Wildman–Crippen MR) is 228 cm³/mol. The van der Waals surface area contributed by atoms with Crippen molar-refractivity contribution in [2.75, 3.05) is 13.6 Å². The molecular formula is C50H52N2O2. The molecule has 4 heteroatoms. The lowest BCUT2D eigenvalue weighted by Crippen LogP contribution is -2.20. The Bertz CT molecular complexity index is 2190. The van der Waals surface area contributed by atoms with Gasteiger partial charge in [0.05, 0.1) is 0 Å². The summed E-state index contributed by atoms with van der Waals surface area (Å²) in [5.41, 5.74) is 21.3. The highest BCUT2D eigenvalue weighted by molar-refractivity contribution is 5.77. The van der Waals surface area contributed by atoms with Crippen LogP contribution in [0.3, 0.4) is 0 Å². The summed E-state index contributed by atoms with van der Waals surface area (Å²) in [5.74, 6) is 6.26. The summed E-state index contributed by atoms with van der Waals surface area (Å²) < 4.78 is 13.0. The van der Waals surface area contributed by atoms with Gasteiger partial charge in [-0.05, 0) is 87.9 Å². The highest BCUT2D eigenvalue weighted by atomic mass is 16.5. The fraction of sp³-hybridized carbons (Fsp3) is 0.240. The molecule has 54 heavy (non-hydrogen) atoms. The maximum Gasteiger partial charge on any atom is 0.173 e. The van der Waals surface area contributed by atoms with Gasteiger partial charge in [-0.25, -0.2) is 0 Å². The third-order valence-electron chi connectivity index (χ3n) is 10.1. The van der Waals surface area contributed by atoms with Crippen molar-refractivity contribution in [1.29, 1.82) is 0 Å². The van der Waals surface area contributed by atoms with Crippen LogP contribution in [-0.2, 0) is 11.2 Å². The lowest BCUT2D eigenvalue weighted by atomic mass is 9.78. The van der Waals surface area contributed by atoms with Crippen LogP contribution in [0.25, 0.3) is 17.7 Å². The molecule has 1 aliphatic heterocycles. The minimum atomic E-state index is -0.0917. The van der Waals surface area contributed by atoms with Crippen LogP contribution in [0.15, 0.2) is 177 Å². The third kappa shape index (κ3) is 9.16. The summed E-state index contributed by atoms with van der Waals surface area (Å²) in [4.78, 5) is 2.36. The molecule has 0 fully saturated rings.